The molecule has 178 valence electrons. The van der Waals surface area contributed by atoms with E-state index in [1.807, 2.05) is 18.2 Å². The normalized spacial score (nSPS) is 32.6. The first-order chi connectivity index (χ1) is 16.5. The van der Waals surface area contributed by atoms with Crippen molar-refractivity contribution in [2.45, 2.75) is 57.3 Å². The number of ketones is 1. The molecule has 7 rings (SSSR count). The second-order valence-electron chi connectivity index (χ2n) is 11.5. The highest BCUT2D eigenvalue weighted by molar-refractivity contribution is 5.94. The molecular weight excluding hydrogens is 422 g/mol. The monoisotopic (exact) mass is 457 g/mol. The summed E-state index contributed by atoms with van der Waals surface area (Å²) in [6.45, 7) is 1.93. The molecule has 1 aromatic heterocycles. The molecule has 0 spiro atoms. The summed E-state index contributed by atoms with van der Waals surface area (Å²) in [4.78, 5) is 32.7. The molecular formula is C29H35N3O2. The number of rotatable bonds is 6. The molecule has 5 fully saturated rings. The molecule has 1 saturated heterocycles. The number of anilines is 1. The zero-order valence-corrected chi connectivity index (χ0v) is 19.9. The van der Waals surface area contributed by atoms with Crippen LogP contribution in [0.1, 0.15) is 73.3 Å². The van der Waals surface area contributed by atoms with Crippen LogP contribution in [0.15, 0.2) is 48.5 Å². The average Bonchev–Trinajstić information content (AvgIpc) is 2.86. The Morgan fingerprint density at radius 2 is 1.65 bits per heavy atom. The number of Topliss-reactive ketones (excluding diaryl/α,β-unsaturated/α-hetero) is 1. The molecule has 1 amide bonds. The van der Waals surface area contributed by atoms with Crippen LogP contribution in [0.25, 0.3) is 0 Å². The molecule has 4 bridgehead atoms. The minimum absolute atomic E-state index is 0.109. The SMILES string of the molecule is NC(=O)C12CC3CC(C1)C(CC(=O)c1cccc(N4CCC(c5ccccc5)CC4)n1)C(C3)C2. The number of hydrogen-bond acceptors (Lipinski definition) is 4. The van der Waals surface area contributed by atoms with Gasteiger partial charge in [0.25, 0.3) is 0 Å². The topological polar surface area (TPSA) is 76.3 Å². The fraction of sp³-hybridized carbons (Fsp3) is 0.552. The van der Waals surface area contributed by atoms with Crippen molar-refractivity contribution in [2.75, 3.05) is 18.0 Å². The smallest absolute Gasteiger partial charge is 0.223 e. The van der Waals surface area contributed by atoms with Gasteiger partial charge < -0.3 is 10.6 Å². The maximum atomic E-state index is 13.3. The third kappa shape index (κ3) is 3.83. The number of pyridine rings is 1. The third-order valence-electron chi connectivity index (χ3n) is 9.52. The van der Waals surface area contributed by atoms with Crippen LogP contribution in [0.3, 0.4) is 0 Å². The van der Waals surface area contributed by atoms with Crippen molar-refractivity contribution in [1.82, 2.24) is 4.98 Å². The lowest BCUT2D eigenvalue weighted by Gasteiger charge is -2.59. The molecule has 2 aromatic rings. The van der Waals surface area contributed by atoms with Gasteiger partial charge in [-0.2, -0.15) is 0 Å². The van der Waals surface area contributed by atoms with Gasteiger partial charge in [-0.15, -0.1) is 0 Å². The first kappa shape index (κ1) is 21.8. The minimum atomic E-state index is -0.292. The summed E-state index contributed by atoms with van der Waals surface area (Å²) in [5, 5.41) is 0. The number of amides is 1. The molecule has 4 aliphatic carbocycles. The van der Waals surface area contributed by atoms with Crippen LogP contribution in [0.2, 0.25) is 0 Å². The lowest BCUT2D eigenvalue weighted by atomic mass is 9.45. The molecule has 2 atom stereocenters. The summed E-state index contributed by atoms with van der Waals surface area (Å²) in [5.41, 5.74) is 7.57. The van der Waals surface area contributed by atoms with Crippen molar-refractivity contribution in [1.29, 1.82) is 0 Å². The van der Waals surface area contributed by atoms with Gasteiger partial charge in [0.15, 0.2) is 5.78 Å². The third-order valence-corrected chi connectivity index (χ3v) is 9.52. The van der Waals surface area contributed by atoms with Crippen LogP contribution in [-0.4, -0.2) is 29.8 Å². The quantitative estimate of drug-likeness (QED) is 0.622. The Labute approximate surface area is 202 Å². The van der Waals surface area contributed by atoms with E-state index in [0.717, 1.165) is 63.9 Å². The number of carbonyl (C=O) groups is 2. The fourth-order valence-corrected chi connectivity index (χ4v) is 8.01. The summed E-state index contributed by atoms with van der Waals surface area (Å²) in [5.74, 6) is 3.50. The van der Waals surface area contributed by atoms with E-state index in [0.29, 0.717) is 41.7 Å². The lowest BCUT2D eigenvalue weighted by molar-refractivity contribution is -0.149. The van der Waals surface area contributed by atoms with Gasteiger partial charge in [0.05, 0.1) is 0 Å². The van der Waals surface area contributed by atoms with E-state index in [9.17, 15) is 9.59 Å². The van der Waals surface area contributed by atoms with Crippen LogP contribution < -0.4 is 10.6 Å². The molecule has 2 N–H and O–H groups in total. The van der Waals surface area contributed by atoms with Gasteiger partial charge >= 0.3 is 0 Å². The van der Waals surface area contributed by atoms with Crippen molar-refractivity contribution < 1.29 is 9.59 Å². The summed E-state index contributed by atoms with van der Waals surface area (Å²) in [7, 11) is 0. The molecule has 1 aromatic carbocycles. The summed E-state index contributed by atoms with van der Waals surface area (Å²) in [6.07, 6.45) is 7.84. The van der Waals surface area contributed by atoms with Crippen LogP contribution >= 0.6 is 0 Å². The standard InChI is InChI=1S/C29H35N3O2/c30-28(34)29-16-19-13-22(17-29)24(23(14-19)18-29)15-26(33)25-7-4-8-27(31-25)32-11-9-21(10-12-32)20-5-2-1-3-6-20/h1-8,19,21-24H,9-18H2,(H2,30,34). The maximum Gasteiger partial charge on any atom is 0.223 e. The van der Waals surface area contributed by atoms with Crippen molar-refractivity contribution in [3.05, 3.63) is 59.8 Å². The number of benzene rings is 1. The predicted molar refractivity (Wildman–Crippen MR) is 132 cm³/mol. The summed E-state index contributed by atoms with van der Waals surface area (Å²) in [6, 6.07) is 16.7. The van der Waals surface area contributed by atoms with Crippen molar-refractivity contribution >= 4 is 17.5 Å². The molecule has 5 heteroatoms. The Hall–Kier alpha value is -2.69. The number of nitrogens with zero attached hydrogens (tertiary/aromatic N) is 2. The van der Waals surface area contributed by atoms with E-state index in [1.165, 1.54) is 5.56 Å². The van der Waals surface area contributed by atoms with Crippen molar-refractivity contribution in [3.63, 3.8) is 0 Å². The Morgan fingerprint density at radius 1 is 0.941 bits per heavy atom. The van der Waals surface area contributed by atoms with Gasteiger partial charge in [-0.05, 0) is 92.2 Å². The Kier molecular flexibility index (Phi) is 5.46. The van der Waals surface area contributed by atoms with Crippen LogP contribution in [0.5, 0.6) is 0 Å². The van der Waals surface area contributed by atoms with E-state index in [-0.39, 0.29) is 17.1 Å². The zero-order chi connectivity index (χ0) is 23.3. The largest absolute Gasteiger partial charge is 0.369 e. The highest BCUT2D eigenvalue weighted by Gasteiger charge is 2.57. The van der Waals surface area contributed by atoms with Gasteiger partial charge in [0.1, 0.15) is 11.5 Å². The first-order valence-corrected chi connectivity index (χ1v) is 13.1. The van der Waals surface area contributed by atoms with Crippen LogP contribution in [0, 0.1) is 29.1 Å². The van der Waals surface area contributed by atoms with E-state index in [2.05, 4.69) is 35.2 Å². The van der Waals surface area contributed by atoms with Crippen LogP contribution in [-0.2, 0) is 4.79 Å². The zero-order valence-electron chi connectivity index (χ0n) is 19.9. The van der Waals surface area contributed by atoms with E-state index < -0.39 is 0 Å². The number of piperidine rings is 1. The minimum Gasteiger partial charge on any atom is -0.369 e. The first-order valence-electron chi connectivity index (χ1n) is 13.1. The molecule has 2 heterocycles. The van der Waals surface area contributed by atoms with Gasteiger partial charge in [-0.1, -0.05) is 36.4 Å². The lowest BCUT2D eigenvalue weighted by Crippen LogP contribution is -2.56. The number of primary amides is 1. The highest BCUT2D eigenvalue weighted by Crippen LogP contribution is 2.62. The molecule has 4 saturated carbocycles. The Bertz CT molecular complexity index is 1060. The average molecular weight is 458 g/mol. The molecule has 0 radical (unpaired) electrons. The molecule has 1 aliphatic heterocycles. The van der Waals surface area contributed by atoms with Gasteiger partial charge in [0, 0.05) is 24.9 Å². The highest BCUT2D eigenvalue weighted by atomic mass is 16.1. The number of carbonyl (C=O) groups excluding carboxylic acids is 2. The summed E-state index contributed by atoms with van der Waals surface area (Å²) < 4.78 is 0. The fourth-order valence-electron chi connectivity index (χ4n) is 8.01. The molecule has 34 heavy (non-hydrogen) atoms. The maximum absolute atomic E-state index is 13.3. The Morgan fingerprint density at radius 3 is 2.32 bits per heavy atom. The molecule has 5 aliphatic rings. The second-order valence-corrected chi connectivity index (χ2v) is 11.5. The van der Waals surface area contributed by atoms with E-state index >= 15 is 0 Å². The molecule has 5 nitrogen and oxygen atoms in total. The number of aromatic nitrogens is 1. The summed E-state index contributed by atoms with van der Waals surface area (Å²) >= 11 is 0. The van der Waals surface area contributed by atoms with Gasteiger partial charge in [-0.25, -0.2) is 4.98 Å². The van der Waals surface area contributed by atoms with Crippen molar-refractivity contribution in [3.8, 4) is 0 Å². The van der Waals surface area contributed by atoms with E-state index in [4.69, 9.17) is 10.7 Å². The second kappa shape index (κ2) is 8.51. The van der Waals surface area contributed by atoms with Crippen LogP contribution in [0.4, 0.5) is 5.82 Å². The Balaban J connectivity index is 1.11. The van der Waals surface area contributed by atoms with Gasteiger partial charge in [-0.3, -0.25) is 9.59 Å². The number of nitrogens with two attached hydrogens (primary N) is 1. The number of hydrogen-bond donors (Lipinski definition) is 1. The predicted octanol–water partition coefficient (Wildman–Crippen LogP) is 4.97. The molecule has 2 unspecified atom stereocenters. The van der Waals surface area contributed by atoms with Gasteiger partial charge in [0.2, 0.25) is 5.91 Å². The van der Waals surface area contributed by atoms with E-state index in [1.54, 1.807) is 0 Å². The van der Waals surface area contributed by atoms with Crippen molar-refractivity contribution in [2.24, 2.45) is 34.8 Å².